The lowest BCUT2D eigenvalue weighted by molar-refractivity contribution is 0.0413. The second kappa shape index (κ2) is 6.55. The normalized spacial score (nSPS) is 45.3. The van der Waals surface area contributed by atoms with E-state index in [-0.39, 0.29) is 0 Å². The minimum absolute atomic E-state index is 0.327. The molecule has 3 nitrogen and oxygen atoms in total. The third-order valence-corrected chi connectivity index (χ3v) is 5.83. The molecule has 0 radical (unpaired) electrons. The van der Waals surface area contributed by atoms with E-state index in [0.717, 1.165) is 11.8 Å². The zero-order valence-electron chi connectivity index (χ0n) is 13.1. The number of nitrogens with two attached hydrogens (primary N) is 1. The van der Waals surface area contributed by atoms with Crippen molar-refractivity contribution in [3.8, 4) is 0 Å². The molecule has 7 unspecified atom stereocenters. The summed E-state index contributed by atoms with van der Waals surface area (Å²) < 4.78 is 6.02. The summed E-state index contributed by atoms with van der Waals surface area (Å²) in [5, 5.41) is 0. The van der Waals surface area contributed by atoms with Crippen LogP contribution >= 0.6 is 0 Å². The first kappa shape index (κ1) is 15.3. The number of hydrogen-bond acceptors (Lipinski definition) is 3. The van der Waals surface area contributed by atoms with Gasteiger partial charge in [-0.25, -0.2) is 0 Å². The predicted octanol–water partition coefficient (Wildman–Crippen LogP) is 3.09. The van der Waals surface area contributed by atoms with Gasteiger partial charge in [0, 0.05) is 12.0 Å². The Kier molecular flexibility index (Phi) is 5.27. The highest BCUT2D eigenvalue weighted by atomic mass is 16.5. The molecule has 0 amide bonds. The number of ether oxygens (including phenoxy) is 1. The van der Waals surface area contributed by atoms with Crippen molar-refractivity contribution in [3.63, 3.8) is 0 Å². The number of rotatable bonds is 4. The maximum Gasteiger partial charge on any atom is 0.0597 e. The highest BCUT2D eigenvalue weighted by Crippen LogP contribution is 2.41. The van der Waals surface area contributed by atoms with E-state index in [1.807, 2.05) is 0 Å². The Bertz CT molecular complexity index is 284. The van der Waals surface area contributed by atoms with E-state index < -0.39 is 0 Å². The quantitative estimate of drug-likeness (QED) is 0.608. The van der Waals surface area contributed by atoms with Crippen molar-refractivity contribution in [2.45, 2.75) is 78.0 Å². The number of nitrogens with one attached hydrogen (secondary N) is 1. The van der Waals surface area contributed by atoms with Gasteiger partial charge >= 0.3 is 0 Å². The van der Waals surface area contributed by atoms with E-state index in [1.165, 1.54) is 32.1 Å². The Balaban J connectivity index is 2.06. The monoisotopic (exact) mass is 268 g/mol. The van der Waals surface area contributed by atoms with Crippen molar-refractivity contribution >= 4 is 0 Å². The average Bonchev–Trinajstić information content (AvgIpc) is 2.66. The molecule has 112 valence electrons. The molecule has 1 saturated heterocycles. The molecule has 0 aromatic rings. The van der Waals surface area contributed by atoms with Gasteiger partial charge in [-0.2, -0.15) is 0 Å². The van der Waals surface area contributed by atoms with Crippen LogP contribution in [0, 0.1) is 23.7 Å². The fourth-order valence-electron chi connectivity index (χ4n) is 4.50. The third-order valence-electron chi connectivity index (χ3n) is 5.83. The summed E-state index contributed by atoms with van der Waals surface area (Å²) in [4.78, 5) is 0. The van der Waals surface area contributed by atoms with Crippen LogP contribution in [0.5, 0.6) is 0 Å². The summed E-state index contributed by atoms with van der Waals surface area (Å²) in [6.07, 6.45) is 7.46. The van der Waals surface area contributed by atoms with Gasteiger partial charge in [0.05, 0.1) is 12.2 Å². The van der Waals surface area contributed by atoms with E-state index in [9.17, 15) is 0 Å². The standard InChI is InChI=1S/C16H32N2O/c1-5-13-7-6-8-14(9-13)16(18-17)15-10(2)11(3)19-12(15)4/h10-16,18H,5-9,17H2,1-4H3. The Labute approximate surface area is 118 Å². The lowest BCUT2D eigenvalue weighted by Crippen LogP contribution is -2.51. The van der Waals surface area contributed by atoms with Crippen molar-refractivity contribution in [2.75, 3.05) is 0 Å². The molecule has 0 aromatic heterocycles. The summed E-state index contributed by atoms with van der Waals surface area (Å²) in [6.45, 7) is 9.06. The molecule has 3 N–H and O–H groups in total. The van der Waals surface area contributed by atoms with Gasteiger partial charge in [-0.1, -0.05) is 33.1 Å². The summed E-state index contributed by atoms with van der Waals surface area (Å²) in [7, 11) is 0. The van der Waals surface area contributed by atoms with E-state index in [4.69, 9.17) is 10.6 Å². The van der Waals surface area contributed by atoms with Gasteiger partial charge in [0.2, 0.25) is 0 Å². The summed E-state index contributed by atoms with van der Waals surface area (Å²) in [5.41, 5.74) is 3.16. The van der Waals surface area contributed by atoms with Crippen molar-refractivity contribution < 1.29 is 4.74 Å². The predicted molar refractivity (Wildman–Crippen MR) is 79.5 cm³/mol. The van der Waals surface area contributed by atoms with E-state index in [2.05, 4.69) is 33.1 Å². The van der Waals surface area contributed by atoms with Crippen LogP contribution in [0.15, 0.2) is 0 Å². The molecule has 0 aromatic carbocycles. The molecule has 1 aliphatic heterocycles. The van der Waals surface area contributed by atoms with Crippen LogP contribution in [0.2, 0.25) is 0 Å². The molecule has 1 aliphatic carbocycles. The van der Waals surface area contributed by atoms with Gasteiger partial charge in [-0.3, -0.25) is 11.3 Å². The summed E-state index contributed by atoms with van der Waals surface area (Å²) >= 11 is 0. The van der Waals surface area contributed by atoms with Crippen molar-refractivity contribution in [3.05, 3.63) is 0 Å². The number of hydrogen-bond donors (Lipinski definition) is 2. The molecule has 2 rings (SSSR count). The molecule has 1 heterocycles. The first-order chi connectivity index (χ1) is 9.08. The second-order valence-corrected chi connectivity index (χ2v) is 6.88. The average molecular weight is 268 g/mol. The van der Waals surface area contributed by atoms with E-state index in [1.54, 1.807) is 0 Å². The van der Waals surface area contributed by atoms with Gasteiger partial charge in [0.15, 0.2) is 0 Å². The van der Waals surface area contributed by atoms with Crippen molar-refractivity contribution in [2.24, 2.45) is 29.5 Å². The van der Waals surface area contributed by atoms with Crippen LogP contribution in [0.3, 0.4) is 0 Å². The van der Waals surface area contributed by atoms with Gasteiger partial charge in [0.1, 0.15) is 0 Å². The van der Waals surface area contributed by atoms with Crippen LogP contribution in [-0.4, -0.2) is 18.2 Å². The Morgan fingerprint density at radius 1 is 1.21 bits per heavy atom. The lowest BCUT2D eigenvalue weighted by Gasteiger charge is -2.39. The molecular weight excluding hydrogens is 236 g/mol. The van der Waals surface area contributed by atoms with Crippen LogP contribution in [0.4, 0.5) is 0 Å². The molecule has 1 saturated carbocycles. The maximum atomic E-state index is 6.02. The first-order valence-electron chi connectivity index (χ1n) is 8.20. The Morgan fingerprint density at radius 2 is 1.95 bits per heavy atom. The Hall–Kier alpha value is -0.120. The molecule has 7 atom stereocenters. The van der Waals surface area contributed by atoms with Gasteiger partial charge in [0.25, 0.3) is 0 Å². The molecule has 2 aliphatic rings. The fraction of sp³-hybridized carbons (Fsp3) is 1.00. The molecular formula is C16H32N2O. The zero-order valence-corrected chi connectivity index (χ0v) is 13.1. The molecule has 2 fully saturated rings. The third kappa shape index (κ3) is 3.14. The molecule has 0 bridgehead atoms. The molecule has 19 heavy (non-hydrogen) atoms. The fourth-order valence-corrected chi connectivity index (χ4v) is 4.50. The zero-order chi connectivity index (χ0) is 14.0. The SMILES string of the molecule is CCC1CCCC(C(NN)C2C(C)OC(C)C2C)C1. The lowest BCUT2D eigenvalue weighted by atomic mass is 9.70. The van der Waals surface area contributed by atoms with Crippen molar-refractivity contribution in [1.29, 1.82) is 0 Å². The van der Waals surface area contributed by atoms with Crippen LogP contribution in [0.1, 0.15) is 59.8 Å². The summed E-state index contributed by atoms with van der Waals surface area (Å²) in [5.74, 6) is 8.72. The second-order valence-electron chi connectivity index (χ2n) is 6.88. The van der Waals surface area contributed by atoms with Gasteiger partial charge in [-0.05, 0) is 44.4 Å². The minimum Gasteiger partial charge on any atom is -0.375 e. The number of hydrazine groups is 1. The van der Waals surface area contributed by atoms with E-state index >= 15 is 0 Å². The Morgan fingerprint density at radius 3 is 2.47 bits per heavy atom. The van der Waals surface area contributed by atoms with Crippen LogP contribution in [0.25, 0.3) is 0 Å². The van der Waals surface area contributed by atoms with Crippen molar-refractivity contribution in [1.82, 2.24) is 5.43 Å². The van der Waals surface area contributed by atoms with Crippen LogP contribution in [-0.2, 0) is 4.74 Å². The van der Waals surface area contributed by atoms with Crippen LogP contribution < -0.4 is 11.3 Å². The largest absolute Gasteiger partial charge is 0.375 e. The molecule has 0 spiro atoms. The minimum atomic E-state index is 0.327. The van der Waals surface area contributed by atoms with Gasteiger partial charge < -0.3 is 4.74 Å². The highest BCUT2D eigenvalue weighted by Gasteiger charge is 2.44. The first-order valence-corrected chi connectivity index (χ1v) is 8.20. The van der Waals surface area contributed by atoms with Gasteiger partial charge in [-0.15, -0.1) is 0 Å². The summed E-state index contributed by atoms with van der Waals surface area (Å²) in [6, 6.07) is 0.421. The van der Waals surface area contributed by atoms with E-state index in [0.29, 0.717) is 30.1 Å². The molecule has 3 heteroatoms. The smallest absolute Gasteiger partial charge is 0.0597 e. The topological polar surface area (TPSA) is 47.3 Å². The highest BCUT2D eigenvalue weighted by molar-refractivity contribution is 4.95. The maximum absolute atomic E-state index is 6.02.